The molecule has 7 nitrogen and oxygen atoms in total. The molecular formula is C22H28N4O3S. The highest BCUT2D eigenvalue weighted by Crippen LogP contribution is 2.20. The van der Waals surface area contributed by atoms with E-state index >= 15 is 0 Å². The van der Waals surface area contributed by atoms with E-state index in [4.69, 9.17) is 16.6 Å². The molecule has 4 rings (SSSR count). The monoisotopic (exact) mass is 428 g/mol. The summed E-state index contributed by atoms with van der Waals surface area (Å²) in [6.07, 6.45) is 9.39. The van der Waals surface area contributed by atoms with Crippen molar-refractivity contribution < 1.29 is 9.21 Å². The van der Waals surface area contributed by atoms with E-state index in [0.29, 0.717) is 22.8 Å². The van der Waals surface area contributed by atoms with E-state index in [0.717, 1.165) is 25.9 Å². The maximum Gasteiger partial charge on any atom is 0.419 e. The highest BCUT2D eigenvalue weighted by atomic mass is 32.1. The number of aromatic nitrogens is 1. The van der Waals surface area contributed by atoms with E-state index in [1.54, 1.807) is 11.1 Å². The minimum absolute atomic E-state index is 0.0381. The van der Waals surface area contributed by atoms with Crippen LogP contribution < -0.4 is 11.1 Å². The number of carbonyl (C=O) groups is 1. The number of para-hydroxylation sites is 2. The summed E-state index contributed by atoms with van der Waals surface area (Å²) >= 11 is 5.56. The summed E-state index contributed by atoms with van der Waals surface area (Å²) in [5.74, 6) is -0.472. The van der Waals surface area contributed by atoms with Crippen molar-refractivity contribution in [2.24, 2.45) is 0 Å². The van der Waals surface area contributed by atoms with Crippen LogP contribution in [0.1, 0.15) is 44.9 Å². The second kappa shape index (κ2) is 9.47. The quantitative estimate of drug-likeness (QED) is 0.563. The van der Waals surface area contributed by atoms with Gasteiger partial charge in [0.15, 0.2) is 10.7 Å². The minimum atomic E-state index is -0.434. The molecule has 30 heavy (non-hydrogen) atoms. The fourth-order valence-electron chi connectivity index (χ4n) is 4.20. The Bertz CT molecular complexity index is 1010. The van der Waals surface area contributed by atoms with Gasteiger partial charge in [0, 0.05) is 32.6 Å². The number of amides is 1. The Morgan fingerprint density at radius 2 is 1.97 bits per heavy atom. The predicted molar refractivity (Wildman–Crippen MR) is 120 cm³/mol. The molecule has 1 fully saturated rings. The van der Waals surface area contributed by atoms with Gasteiger partial charge in [0.05, 0.1) is 5.52 Å². The Morgan fingerprint density at radius 3 is 2.80 bits per heavy atom. The number of aryl methyl sites for hydroxylation is 1. The second-order valence-corrected chi connectivity index (χ2v) is 8.21. The largest absolute Gasteiger partial charge is 0.419 e. The van der Waals surface area contributed by atoms with Gasteiger partial charge in [-0.25, -0.2) is 4.79 Å². The molecule has 8 heteroatoms. The van der Waals surface area contributed by atoms with Crippen LogP contribution in [-0.4, -0.2) is 45.2 Å². The van der Waals surface area contributed by atoms with Gasteiger partial charge in [-0.05, 0) is 62.9 Å². The van der Waals surface area contributed by atoms with Crippen LogP contribution in [0.2, 0.25) is 0 Å². The van der Waals surface area contributed by atoms with Gasteiger partial charge in [0.25, 0.3) is 0 Å². The first-order valence-corrected chi connectivity index (χ1v) is 11.2. The topological polar surface area (TPSA) is 70.7 Å². The molecule has 0 spiro atoms. The highest BCUT2D eigenvalue weighted by Gasteiger charge is 2.28. The SMILES string of the molecule is O=C(CCn1c(=O)oc2ccccc21)N1CCCN1C(=S)NCCC1=CCCCC1. The van der Waals surface area contributed by atoms with E-state index in [-0.39, 0.29) is 18.9 Å². The first-order chi connectivity index (χ1) is 14.6. The Kier molecular flexibility index (Phi) is 6.52. The van der Waals surface area contributed by atoms with Crippen LogP contribution in [0.25, 0.3) is 11.1 Å². The number of hydrogen-bond acceptors (Lipinski definition) is 4. The van der Waals surface area contributed by atoms with Crippen LogP contribution in [0.3, 0.4) is 0 Å². The number of carbonyl (C=O) groups excluding carboxylic acids is 1. The van der Waals surface area contributed by atoms with Gasteiger partial charge >= 0.3 is 5.76 Å². The maximum absolute atomic E-state index is 12.9. The summed E-state index contributed by atoms with van der Waals surface area (Å²) in [7, 11) is 0. The van der Waals surface area contributed by atoms with Gasteiger partial charge in [-0.1, -0.05) is 23.8 Å². The lowest BCUT2D eigenvalue weighted by atomic mass is 9.97. The van der Waals surface area contributed by atoms with Crippen LogP contribution in [-0.2, 0) is 11.3 Å². The third-order valence-electron chi connectivity index (χ3n) is 5.78. The number of fused-ring (bicyclic) bond motifs is 1. The van der Waals surface area contributed by atoms with E-state index in [9.17, 15) is 9.59 Å². The summed E-state index contributed by atoms with van der Waals surface area (Å²) in [5.41, 5.74) is 2.75. The molecule has 0 bridgehead atoms. The molecule has 1 saturated heterocycles. The van der Waals surface area contributed by atoms with E-state index in [1.165, 1.54) is 35.8 Å². The third kappa shape index (κ3) is 4.59. The lowest BCUT2D eigenvalue weighted by molar-refractivity contribution is -0.139. The molecular weight excluding hydrogens is 400 g/mol. The van der Waals surface area contributed by atoms with Crippen molar-refractivity contribution in [2.45, 2.75) is 51.5 Å². The lowest BCUT2D eigenvalue weighted by Crippen LogP contribution is -2.49. The Morgan fingerprint density at radius 1 is 1.13 bits per heavy atom. The van der Waals surface area contributed by atoms with Crippen molar-refractivity contribution in [1.82, 2.24) is 19.9 Å². The molecule has 2 heterocycles. The molecule has 1 aliphatic carbocycles. The molecule has 0 atom stereocenters. The summed E-state index contributed by atoms with van der Waals surface area (Å²) in [6, 6.07) is 7.26. The molecule has 1 N–H and O–H groups in total. The molecule has 0 unspecified atom stereocenters. The molecule has 160 valence electrons. The zero-order valence-corrected chi connectivity index (χ0v) is 18.0. The number of benzene rings is 1. The van der Waals surface area contributed by atoms with Crippen molar-refractivity contribution in [3.63, 3.8) is 0 Å². The lowest BCUT2D eigenvalue weighted by Gasteiger charge is -2.30. The Balaban J connectivity index is 1.31. The van der Waals surface area contributed by atoms with Gasteiger partial charge in [0.1, 0.15) is 0 Å². The number of rotatable bonds is 6. The number of allylic oxidation sites excluding steroid dienone is 1. The summed E-state index contributed by atoms with van der Waals surface area (Å²) in [4.78, 5) is 25.0. The number of nitrogens with zero attached hydrogens (tertiary/aromatic N) is 3. The standard InChI is InChI=1S/C22H28N4O3S/c27-20(12-16-24-18-9-4-5-10-19(18)29-22(24)28)25-14-6-15-26(25)21(30)23-13-11-17-7-2-1-3-8-17/h4-5,7,9-10H,1-3,6,8,11-16H2,(H,23,30). The molecule has 0 radical (unpaired) electrons. The van der Waals surface area contributed by atoms with Crippen molar-refractivity contribution >= 4 is 34.3 Å². The van der Waals surface area contributed by atoms with Gasteiger partial charge in [-0.2, -0.15) is 0 Å². The molecule has 1 aliphatic heterocycles. The molecule has 0 saturated carbocycles. The molecule has 2 aliphatic rings. The predicted octanol–water partition coefficient (Wildman–Crippen LogP) is 3.20. The first kappa shape index (κ1) is 20.7. The summed E-state index contributed by atoms with van der Waals surface area (Å²) < 4.78 is 6.76. The smallest absolute Gasteiger partial charge is 0.408 e. The van der Waals surface area contributed by atoms with E-state index < -0.39 is 5.76 Å². The number of nitrogens with one attached hydrogen (secondary N) is 1. The normalized spacial score (nSPS) is 16.7. The zero-order valence-electron chi connectivity index (χ0n) is 17.1. The van der Waals surface area contributed by atoms with Crippen LogP contribution in [0.4, 0.5) is 0 Å². The van der Waals surface area contributed by atoms with Crippen LogP contribution in [0.5, 0.6) is 0 Å². The number of hydrazine groups is 1. The van der Waals surface area contributed by atoms with E-state index in [1.807, 2.05) is 23.2 Å². The van der Waals surface area contributed by atoms with Gasteiger partial charge < -0.3 is 9.73 Å². The molecule has 2 aromatic rings. The number of thiocarbonyl (C=S) groups is 1. The fraction of sp³-hybridized carbons (Fsp3) is 0.500. The summed E-state index contributed by atoms with van der Waals surface area (Å²) in [6.45, 7) is 2.45. The van der Waals surface area contributed by atoms with Crippen molar-refractivity contribution in [1.29, 1.82) is 0 Å². The van der Waals surface area contributed by atoms with Gasteiger partial charge in [0.2, 0.25) is 5.91 Å². The average Bonchev–Trinajstić information content (AvgIpc) is 3.37. The van der Waals surface area contributed by atoms with Crippen LogP contribution in [0, 0.1) is 0 Å². The van der Waals surface area contributed by atoms with Crippen molar-refractivity contribution in [2.75, 3.05) is 19.6 Å². The minimum Gasteiger partial charge on any atom is -0.408 e. The van der Waals surface area contributed by atoms with Crippen molar-refractivity contribution in [3.05, 3.63) is 46.5 Å². The highest BCUT2D eigenvalue weighted by molar-refractivity contribution is 7.80. The second-order valence-electron chi connectivity index (χ2n) is 7.82. The first-order valence-electron chi connectivity index (χ1n) is 10.8. The maximum atomic E-state index is 12.9. The zero-order chi connectivity index (χ0) is 20.9. The van der Waals surface area contributed by atoms with Gasteiger partial charge in [-0.3, -0.25) is 19.4 Å². The average molecular weight is 429 g/mol. The number of hydrogen-bond donors (Lipinski definition) is 1. The Labute approximate surface area is 181 Å². The Hall–Kier alpha value is -2.61. The van der Waals surface area contributed by atoms with E-state index in [2.05, 4.69) is 11.4 Å². The van der Waals surface area contributed by atoms with Crippen molar-refractivity contribution in [3.8, 4) is 0 Å². The molecule has 1 amide bonds. The fourth-order valence-corrected chi connectivity index (χ4v) is 4.49. The third-order valence-corrected chi connectivity index (χ3v) is 6.14. The van der Waals surface area contributed by atoms with Crippen LogP contribution in [0.15, 0.2) is 45.1 Å². The summed E-state index contributed by atoms with van der Waals surface area (Å²) in [5, 5.41) is 7.49. The van der Waals surface area contributed by atoms with Crippen LogP contribution >= 0.6 is 12.2 Å². The number of oxazole rings is 1. The van der Waals surface area contributed by atoms with Gasteiger partial charge in [-0.15, -0.1) is 0 Å². The molecule has 1 aromatic heterocycles. The molecule has 1 aromatic carbocycles.